The van der Waals surface area contributed by atoms with Crippen LogP contribution in [0.25, 0.3) is 0 Å². The molecule has 2 aliphatic carbocycles. The molecule has 3 fully saturated rings. The van der Waals surface area contributed by atoms with Gasteiger partial charge in [0.05, 0.1) is 0 Å². The van der Waals surface area contributed by atoms with Crippen molar-refractivity contribution in [1.29, 1.82) is 0 Å². The highest BCUT2D eigenvalue weighted by Gasteiger charge is 2.87. The Balaban J connectivity index is 2.19. The van der Waals surface area contributed by atoms with E-state index >= 15 is 0 Å². The predicted octanol–water partition coefficient (Wildman–Crippen LogP) is 2.84. The summed E-state index contributed by atoms with van der Waals surface area (Å²) in [5.41, 5.74) is 1.84. The zero-order valence-electron chi connectivity index (χ0n) is 13.5. The van der Waals surface area contributed by atoms with E-state index in [0.717, 1.165) is 0 Å². The van der Waals surface area contributed by atoms with Crippen LogP contribution in [0, 0.1) is 16.2 Å². The van der Waals surface area contributed by atoms with Crippen LogP contribution in [0.4, 0.5) is 0 Å². The first-order valence-corrected chi connectivity index (χ1v) is 7.48. The summed E-state index contributed by atoms with van der Waals surface area (Å²) >= 11 is 0. The zero-order valence-corrected chi connectivity index (χ0v) is 13.5. The van der Waals surface area contributed by atoms with E-state index in [0.29, 0.717) is 33.9 Å². The van der Waals surface area contributed by atoms with E-state index in [1.807, 2.05) is 0 Å². The number of hydrogen-bond donors (Lipinski definition) is 0. The third kappa shape index (κ3) is 0.895. The lowest BCUT2D eigenvalue weighted by atomic mass is 9.60. The molecule has 0 aromatic heterocycles. The van der Waals surface area contributed by atoms with E-state index < -0.39 is 0 Å². The highest BCUT2D eigenvalue weighted by atomic mass is 15.3. The Morgan fingerprint density at radius 1 is 1.00 bits per heavy atom. The van der Waals surface area contributed by atoms with Crippen molar-refractivity contribution < 1.29 is 0 Å². The second-order valence-corrected chi connectivity index (χ2v) is 8.31. The van der Waals surface area contributed by atoms with Gasteiger partial charge in [0.1, 0.15) is 0 Å². The summed E-state index contributed by atoms with van der Waals surface area (Å²) in [6, 6.07) is 1.36. The minimum atomic E-state index is 0.409. The van der Waals surface area contributed by atoms with Crippen LogP contribution in [0.1, 0.15) is 47.5 Å². The molecule has 0 amide bonds. The van der Waals surface area contributed by atoms with Crippen LogP contribution < -0.4 is 0 Å². The monoisotopic (exact) mass is 250 g/mol. The van der Waals surface area contributed by atoms with Gasteiger partial charge in [-0.15, -0.1) is 0 Å². The molecule has 2 nitrogen and oxygen atoms in total. The standard InChI is InChI=1S/C16H30N2/c1-11-14(4)9-13(3)10-16(13,17(6)7)15(14,5)12(2)18(11)8/h11-12H,9-10H2,1-8H3. The van der Waals surface area contributed by atoms with Crippen molar-refractivity contribution in [3.8, 4) is 0 Å². The maximum Gasteiger partial charge on any atom is 0.0337 e. The summed E-state index contributed by atoms with van der Waals surface area (Å²) in [4.78, 5) is 5.18. The first-order valence-electron chi connectivity index (χ1n) is 7.48. The molecule has 3 rings (SSSR count). The van der Waals surface area contributed by atoms with Gasteiger partial charge in [-0.05, 0) is 58.7 Å². The molecule has 2 heteroatoms. The smallest absolute Gasteiger partial charge is 0.0337 e. The molecule has 0 N–H and O–H groups in total. The molecule has 0 aromatic rings. The van der Waals surface area contributed by atoms with Crippen LogP contribution in [-0.2, 0) is 0 Å². The third-order valence-electron chi connectivity index (χ3n) is 8.07. The normalized spacial score (nSPS) is 63.2. The summed E-state index contributed by atoms with van der Waals surface area (Å²) in [5, 5.41) is 0. The van der Waals surface area contributed by atoms with Crippen molar-refractivity contribution >= 4 is 0 Å². The number of fused-ring (bicyclic) bond motifs is 3. The van der Waals surface area contributed by atoms with Crippen LogP contribution in [0.5, 0.6) is 0 Å². The zero-order chi connectivity index (χ0) is 13.7. The summed E-state index contributed by atoms with van der Waals surface area (Å²) in [5.74, 6) is 0. The lowest BCUT2D eigenvalue weighted by Crippen LogP contribution is -2.54. The van der Waals surface area contributed by atoms with Gasteiger partial charge in [-0.2, -0.15) is 0 Å². The van der Waals surface area contributed by atoms with Gasteiger partial charge >= 0.3 is 0 Å². The Bertz CT molecular complexity index is 406. The lowest BCUT2D eigenvalue weighted by Gasteiger charge is -2.48. The lowest BCUT2D eigenvalue weighted by molar-refractivity contribution is 0.0158. The van der Waals surface area contributed by atoms with Gasteiger partial charge in [-0.25, -0.2) is 0 Å². The quantitative estimate of drug-likeness (QED) is 0.706. The Morgan fingerprint density at radius 2 is 1.56 bits per heavy atom. The number of rotatable bonds is 1. The molecule has 0 radical (unpaired) electrons. The molecule has 6 atom stereocenters. The molecule has 1 aliphatic heterocycles. The summed E-state index contributed by atoms with van der Waals surface area (Å²) in [7, 11) is 6.93. The van der Waals surface area contributed by atoms with E-state index in [9.17, 15) is 0 Å². The summed E-state index contributed by atoms with van der Waals surface area (Å²) in [6.45, 7) is 12.6. The van der Waals surface area contributed by atoms with E-state index in [4.69, 9.17) is 0 Å². The van der Waals surface area contributed by atoms with Gasteiger partial charge in [0.25, 0.3) is 0 Å². The SMILES string of the molecule is CC1N(C)C(C)C2(C)C1(C)CC1(C)CC12N(C)C. The Morgan fingerprint density at radius 3 is 2.06 bits per heavy atom. The highest BCUT2D eigenvalue weighted by Crippen LogP contribution is 2.84. The Kier molecular flexibility index (Phi) is 2.14. The van der Waals surface area contributed by atoms with E-state index in [1.165, 1.54) is 12.8 Å². The first-order chi connectivity index (χ1) is 8.08. The van der Waals surface area contributed by atoms with Gasteiger partial charge < -0.3 is 4.90 Å². The van der Waals surface area contributed by atoms with Gasteiger partial charge in [-0.1, -0.05) is 20.8 Å². The van der Waals surface area contributed by atoms with Crippen molar-refractivity contribution in [2.45, 2.75) is 65.1 Å². The van der Waals surface area contributed by atoms with Crippen LogP contribution in [0.2, 0.25) is 0 Å². The van der Waals surface area contributed by atoms with Crippen LogP contribution in [0.3, 0.4) is 0 Å². The number of nitrogens with zero attached hydrogens (tertiary/aromatic N) is 2. The minimum Gasteiger partial charge on any atom is -0.303 e. The molecule has 0 bridgehead atoms. The summed E-state index contributed by atoms with van der Waals surface area (Å²) < 4.78 is 0. The Hall–Kier alpha value is -0.0800. The molecule has 18 heavy (non-hydrogen) atoms. The van der Waals surface area contributed by atoms with E-state index in [2.05, 4.69) is 65.6 Å². The van der Waals surface area contributed by atoms with Crippen LogP contribution in [0.15, 0.2) is 0 Å². The molecule has 6 unspecified atom stereocenters. The average Bonchev–Trinajstić information content (AvgIpc) is 2.83. The van der Waals surface area contributed by atoms with Crippen molar-refractivity contribution in [3.05, 3.63) is 0 Å². The second kappa shape index (κ2) is 2.98. The fraction of sp³-hybridized carbons (Fsp3) is 1.00. The molecule has 2 saturated carbocycles. The van der Waals surface area contributed by atoms with Crippen molar-refractivity contribution in [2.24, 2.45) is 16.2 Å². The van der Waals surface area contributed by atoms with Gasteiger partial charge in [0, 0.05) is 23.0 Å². The van der Waals surface area contributed by atoms with Gasteiger partial charge in [-0.3, -0.25) is 4.90 Å². The fourth-order valence-electron chi connectivity index (χ4n) is 6.77. The molecule has 0 aromatic carbocycles. The number of likely N-dealkylation sites (tertiary alicyclic amines) is 1. The minimum absolute atomic E-state index is 0.409. The van der Waals surface area contributed by atoms with E-state index in [-0.39, 0.29) is 0 Å². The van der Waals surface area contributed by atoms with Gasteiger partial charge in [0.2, 0.25) is 0 Å². The van der Waals surface area contributed by atoms with Gasteiger partial charge in [0.15, 0.2) is 0 Å². The van der Waals surface area contributed by atoms with Crippen molar-refractivity contribution in [3.63, 3.8) is 0 Å². The summed E-state index contributed by atoms with van der Waals surface area (Å²) in [6.07, 6.45) is 2.79. The van der Waals surface area contributed by atoms with Crippen molar-refractivity contribution in [1.82, 2.24) is 9.80 Å². The maximum atomic E-state index is 2.63. The van der Waals surface area contributed by atoms with Crippen LogP contribution >= 0.6 is 0 Å². The molecular formula is C16H30N2. The van der Waals surface area contributed by atoms with E-state index in [1.54, 1.807) is 0 Å². The molecule has 1 heterocycles. The molecule has 1 saturated heterocycles. The fourth-order valence-corrected chi connectivity index (χ4v) is 6.77. The van der Waals surface area contributed by atoms with Crippen LogP contribution in [-0.4, -0.2) is 48.6 Å². The average molecular weight is 250 g/mol. The highest BCUT2D eigenvalue weighted by molar-refractivity contribution is 5.39. The third-order valence-corrected chi connectivity index (χ3v) is 8.07. The topological polar surface area (TPSA) is 6.48 Å². The molecule has 0 spiro atoms. The molecule has 3 aliphatic rings. The first kappa shape index (κ1) is 12.9. The largest absolute Gasteiger partial charge is 0.303 e. The van der Waals surface area contributed by atoms with Crippen molar-refractivity contribution in [2.75, 3.05) is 21.1 Å². The Labute approximate surface area is 113 Å². The predicted molar refractivity (Wildman–Crippen MR) is 76.7 cm³/mol. The molecule has 104 valence electrons. The molecular weight excluding hydrogens is 220 g/mol. The second-order valence-electron chi connectivity index (χ2n) is 8.31. The maximum absolute atomic E-state index is 2.63. The number of hydrogen-bond acceptors (Lipinski definition) is 2.